The second-order valence-corrected chi connectivity index (χ2v) is 4.61. The molecule has 2 rings (SSSR count). The summed E-state index contributed by atoms with van der Waals surface area (Å²) in [6, 6.07) is 7.25. The Kier molecular flexibility index (Phi) is 4.48. The Morgan fingerprint density at radius 2 is 1.95 bits per heavy atom. The summed E-state index contributed by atoms with van der Waals surface area (Å²) in [6.07, 6.45) is 3.22. The van der Waals surface area contributed by atoms with Gasteiger partial charge in [-0.1, -0.05) is 12.1 Å². The minimum Gasteiger partial charge on any atom is -0.493 e. The number of hydrogen-bond acceptors (Lipinski definition) is 4. The molecular formula is C17H18O4. The molecule has 0 aliphatic rings. The number of benzene rings is 1. The monoisotopic (exact) mass is 286 g/mol. The van der Waals surface area contributed by atoms with Crippen molar-refractivity contribution in [1.29, 1.82) is 0 Å². The number of carbonyl (C=O) groups excluding carboxylic acids is 1. The first-order valence-electron chi connectivity index (χ1n) is 6.57. The fourth-order valence-corrected chi connectivity index (χ4v) is 2.17. The number of aryl methyl sites for hydroxylation is 2. The molecule has 1 aromatic carbocycles. The number of rotatable bonds is 5. The van der Waals surface area contributed by atoms with Crippen molar-refractivity contribution in [2.45, 2.75) is 13.8 Å². The standard InChI is InChI=1S/C17H18O4/c1-11-10-14(12(2)21-11)15(18)9-8-13-6-5-7-16(19-3)17(13)20-4/h5-10H,1-4H3/b9-8+. The van der Waals surface area contributed by atoms with Gasteiger partial charge in [-0.15, -0.1) is 0 Å². The van der Waals surface area contributed by atoms with E-state index in [1.54, 1.807) is 33.3 Å². The van der Waals surface area contributed by atoms with Gasteiger partial charge in [-0.05, 0) is 38.1 Å². The lowest BCUT2D eigenvalue weighted by molar-refractivity contribution is 0.104. The topological polar surface area (TPSA) is 48.7 Å². The Morgan fingerprint density at radius 3 is 2.52 bits per heavy atom. The van der Waals surface area contributed by atoms with E-state index >= 15 is 0 Å². The number of allylic oxidation sites excluding steroid dienone is 1. The lowest BCUT2D eigenvalue weighted by Gasteiger charge is -2.09. The minimum absolute atomic E-state index is 0.103. The number of carbonyl (C=O) groups is 1. The Balaban J connectivity index is 2.29. The number of furan rings is 1. The van der Waals surface area contributed by atoms with Crippen molar-refractivity contribution in [3.05, 3.63) is 53.0 Å². The van der Waals surface area contributed by atoms with E-state index in [9.17, 15) is 4.79 Å². The van der Waals surface area contributed by atoms with E-state index in [1.807, 2.05) is 25.1 Å². The van der Waals surface area contributed by atoms with Crippen LogP contribution in [0.2, 0.25) is 0 Å². The molecule has 0 amide bonds. The lowest BCUT2D eigenvalue weighted by Crippen LogP contribution is -1.95. The van der Waals surface area contributed by atoms with Crippen molar-refractivity contribution in [2.75, 3.05) is 14.2 Å². The molecule has 21 heavy (non-hydrogen) atoms. The Morgan fingerprint density at radius 1 is 1.19 bits per heavy atom. The van der Waals surface area contributed by atoms with E-state index in [0.29, 0.717) is 22.8 Å². The normalized spacial score (nSPS) is 10.9. The van der Waals surface area contributed by atoms with Gasteiger partial charge in [0, 0.05) is 5.56 Å². The van der Waals surface area contributed by atoms with Gasteiger partial charge in [-0.25, -0.2) is 0 Å². The van der Waals surface area contributed by atoms with Crippen LogP contribution < -0.4 is 9.47 Å². The van der Waals surface area contributed by atoms with Gasteiger partial charge in [0.25, 0.3) is 0 Å². The first kappa shape index (κ1) is 14.9. The largest absolute Gasteiger partial charge is 0.493 e. The van der Waals surface area contributed by atoms with Crippen LogP contribution in [0.3, 0.4) is 0 Å². The summed E-state index contributed by atoms with van der Waals surface area (Å²) in [5, 5.41) is 0. The quantitative estimate of drug-likeness (QED) is 0.619. The molecule has 0 radical (unpaired) electrons. The summed E-state index contributed by atoms with van der Waals surface area (Å²) < 4.78 is 15.9. The minimum atomic E-state index is -0.103. The molecule has 0 bridgehead atoms. The smallest absolute Gasteiger partial charge is 0.189 e. The van der Waals surface area contributed by atoms with E-state index in [1.165, 1.54) is 6.08 Å². The predicted molar refractivity (Wildman–Crippen MR) is 81.1 cm³/mol. The highest BCUT2D eigenvalue weighted by molar-refractivity contribution is 6.07. The van der Waals surface area contributed by atoms with Gasteiger partial charge in [0.1, 0.15) is 11.5 Å². The maximum atomic E-state index is 12.2. The highest BCUT2D eigenvalue weighted by Crippen LogP contribution is 2.31. The van der Waals surface area contributed by atoms with E-state index in [-0.39, 0.29) is 5.78 Å². The summed E-state index contributed by atoms with van der Waals surface area (Å²) in [6.45, 7) is 3.60. The molecular weight excluding hydrogens is 268 g/mol. The van der Waals surface area contributed by atoms with Crippen molar-refractivity contribution in [2.24, 2.45) is 0 Å². The molecule has 0 saturated heterocycles. The maximum absolute atomic E-state index is 12.2. The summed E-state index contributed by atoms with van der Waals surface area (Å²) in [5.74, 6) is 2.48. The van der Waals surface area contributed by atoms with Crippen LogP contribution >= 0.6 is 0 Å². The van der Waals surface area contributed by atoms with Gasteiger partial charge < -0.3 is 13.9 Å². The van der Waals surface area contributed by atoms with Gasteiger partial charge >= 0.3 is 0 Å². The van der Waals surface area contributed by atoms with Gasteiger partial charge in [0.2, 0.25) is 0 Å². The van der Waals surface area contributed by atoms with Gasteiger partial charge in [-0.2, -0.15) is 0 Å². The summed E-state index contributed by atoms with van der Waals surface area (Å²) in [5.41, 5.74) is 1.36. The molecule has 0 fully saturated rings. The molecule has 4 heteroatoms. The molecule has 110 valence electrons. The Hall–Kier alpha value is -2.49. The fraction of sp³-hybridized carbons (Fsp3) is 0.235. The third kappa shape index (κ3) is 3.16. The number of ketones is 1. The first-order valence-corrected chi connectivity index (χ1v) is 6.57. The van der Waals surface area contributed by atoms with Gasteiger partial charge in [-0.3, -0.25) is 4.79 Å². The summed E-state index contributed by atoms with van der Waals surface area (Å²) in [4.78, 5) is 12.2. The van der Waals surface area contributed by atoms with Crippen LogP contribution in [-0.2, 0) is 0 Å². The van der Waals surface area contributed by atoms with Crippen LogP contribution in [0.25, 0.3) is 6.08 Å². The van der Waals surface area contributed by atoms with Crippen molar-refractivity contribution in [3.63, 3.8) is 0 Å². The summed E-state index contributed by atoms with van der Waals surface area (Å²) in [7, 11) is 3.15. The average Bonchev–Trinajstić information content (AvgIpc) is 2.82. The average molecular weight is 286 g/mol. The molecule has 1 aromatic heterocycles. The molecule has 0 N–H and O–H groups in total. The number of methoxy groups -OCH3 is 2. The molecule has 0 atom stereocenters. The second-order valence-electron chi connectivity index (χ2n) is 4.61. The highest BCUT2D eigenvalue weighted by Gasteiger charge is 2.12. The third-order valence-electron chi connectivity index (χ3n) is 3.15. The third-order valence-corrected chi connectivity index (χ3v) is 3.15. The lowest BCUT2D eigenvalue weighted by atomic mass is 10.1. The highest BCUT2D eigenvalue weighted by atomic mass is 16.5. The zero-order valence-electron chi connectivity index (χ0n) is 12.6. The molecule has 0 saturated carbocycles. The molecule has 1 heterocycles. The van der Waals surface area contributed by atoms with E-state index in [0.717, 1.165) is 11.3 Å². The number of para-hydroxylation sites is 1. The fourth-order valence-electron chi connectivity index (χ4n) is 2.17. The zero-order chi connectivity index (χ0) is 15.4. The Labute approximate surface area is 124 Å². The second kappa shape index (κ2) is 6.31. The van der Waals surface area contributed by atoms with Gasteiger partial charge in [0.15, 0.2) is 17.3 Å². The van der Waals surface area contributed by atoms with Gasteiger partial charge in [0.05, 0.1) is 19.8 Å². The van der Waals surface area contributed by atoms with E-state index < -0.39 is 0 Å². The van der Waals surface area contributed by atoms with Crippen LogP contribution in [0.4, 0.5) is 0 Å². The SMILES string of the molecule is COc1cccc(/C=C/C(=O)c2cc(C)oc2C)c1OC. The predicted octanol–water partition coefficient (Wildman–Crippen LogP) is 3.81. The van der Waals surface area contributed by atoms with Crippen molar-refractivity contribution in [1.82, 2.24) is 0 Å². The van der Waals surface area contributed by atoms with Crippen molar-refractivity contribution in [3.8, 4) is 11.5 Å². The number of hydrogen-bond donors (Lipinski definition) is 0. The maximum Gasteiger partial charge on any atom is 0.189 e. The van der Waals surface area contributed by atoms with Crippen LogP contribution in [0.5, 0.6) is 11.5 Å². The van der Waals surface area contributed by atoms with Crippen LogP contribution in [0, 0.1) is 13.8 Å². The first-order chi connectivity index (χ1) is 10.1. The molecule has 0 spiro atoms. The van der Waals surface area contributed by atoms with Crippen LogP contribution in [0.1, 0.15) is 27.4 Å². The molecule has 0 aliphatic carbocycles. The number of ether oxygens (including phenoxy) is 2. The Bertz CT molecular complexity index is 680. The molecule has 2 aromatic rings. The molecule has 0 aliphatic heterocycles. The summed E-state index contributed by atoms with van der Waals surface area (Å²) >= 11 is 0. The van der Waals surface area contributed by atoms with E-state index in [4.69, 9.17) is 13.9 Å². The van der Waals surface area contributed by atoms with Crippen molar-refractivity contribution >= 4 is 11.9 Å². The van der Waals surface area contributed by atoms with Crippen molar-refractivity contribution < 1.29 is 18.7 Å². The molecule has 4 nitrogen and oxygen atoms in total. The van der Waals surface area contributed by atoms with E-state index in [2.05, 4.69) is 0 Å². The zero-order valence-corrected chi connectivity index (χ0v) is 12.6. The molecule has 0 unspecified atom stereocenters. The van der Waals surface area contributed by atoms with Crippen LogP contribution in [0.15, 0.2) is 34.8 Å². The van der Waals surface area contributed by atoms with Crippen LogP contribution in [-0.4, -0.2) is 20.0 Å².